The van der Waals surface area contributed by atoms with E-state index in [4.69, 9.17) is 0 Å². The number of anilines is 1. The van der Waals surface area contributed by atoms with Crippen molar-refractivity contribution in [3.8, 4) is 0 Å². The van der Waals surface area contributed by atoms with Gasteiger partial charge in [-0.2, -0.15) is 0 Å². The second-order valence-corrected chi connectivity index (χ2v) is 6.75. The molecule has 1 heterocycles. The van der Waals surface area contributed by atoms with E-state index in [1.54, 1.807) is 36.7 Å². The van der Waals surface area contributed by atoms with Gasteiger partial charge in [0.15, 0.2) is 0 Å². The molecule has 5 nitrogen and oxygen atoms in total. The van der Waals surface area contributed by atoms with Crippen molar-refractivity contribution in [2.75, 3.05) is 4.72 Å². The van der Waals surface area contributed by atoms with Crippen LogP contribution in [-0.4, -0.2) is 18.4 Å². The van der Waals surface area contributed by atoms with Gasteiger partial charge in [-0.3, -0.25) is 4.72 Å². The first-order valence-corrected chi connectivity index (χ1v) is 7.97. The lowest BCUT2D eigenvalue weighted by molar-refractivity contribution is 0.601. The number of H-pyrrole nitrogens is 1. The summed E-state index contributed by atoms with van der Waals surface area (Å²) in [7, 11) is -3.61. The van der Waals surface area contributed by atoms with Gasteiger partial charge in [0.25, 0.3) is 10.0 Å². The van der Waals surface area contributed by atoms with Crippen LogP contribution in [0.1, 0.15) is 11.1 Å². The Hall–Kier alpha value is -2.34. The van der Waals surface area contributed by atoms with Gasteiger partial charge in [0, 0.05) is 5.69 Å². The average Bonchev–Trinajstić information content (AvgIpc) is 2.83. The Kier molecular flexibility index (Phi) is 3.17. The molecule has 6 heteroatoms. The zero-order valence-electron chi connectivity index (χ0n) is 11.7. The van der Waals surface area contributed by atoms with Crippen LogP contribution in [0, 0.1) is 13.8 Å². The molecule has 0 aliphatic carbocycles. The molecule has 0 unspecified atom stereocenters. The fourth-order valence-corrected chi connectivity index (χ4v) is 3.40. The number of rotatable bonds is 3. The number of fused-ring (bicyclic) bond motifs is 1. The van der Waals surface area contributed by atoms with Gasteiger partial charge in [-0.1, -0.05) is 6.07 Å². The van der Waals surface area contributed by atoms with Gasteiger partial charge in [-0.25, -0.2) is 13.4 Å². The minimum Gasteiger partial charge on any atom is -0.345 e. The lowest BCUT2D eigenvalue weighted by Crippen LogP contribution is -2.13. The summed E-state index contributed by atoms with van der Waals surface area (Å²) in [5.41, 5.74) is 4.02. The van der Waals surface area contributed by atoms with E-state index < -0.39 is 10.0 Å². The Bertz CT molecular complexity index is 893. The molecule has 2 aromatic carbocycles. The number of nitrogens with zero attached hydrogens (tertiary/aromatic N) is 1. The number of aryl methyl sites for hydroxylation is 2. The number of benzene rings is 2. The van der Waals surface area contributed by atoms with Gasteiger partial charge < -0.3 is 4.98 Å². The van der Waals surface area contributed by atoms with E-state index in [-0.39, 0.29) is 4.90 Å². The van der Waals surface area contributed by atoms with Crippen LogP contribution < -0.4 is 4.72 Å². The van der Waals surface area contributed by atoms with Crippen molar-refractivity contribution >= 4 is 26.7 Å². The summed E-state index contributed by atoms with van der Waals surface area (Å²) < 4.78 is 27.5. The third kappa shape index (κ3) is 2.75. The Morgan fingerprint density at radius 1 is 1.05 bits per heavy atom. The maximum absolute atomic E-state index is 12.4. The lowest BCUT2D eigenvalue weighted by atomic mass is 10.1. The standard InChI is InChI=1S/C15H15N3O2S/c1-10-5-11(2)7-12(6-10)18-21(19,20)13-3-4-14-15(8-13)17-9-16-14/h3-9,18H,1-2H3,(H,16,17). The number of imidazole rings is 1. The molecule has 21 heavy (non-hydrogen) atoms. The fourth-order valence-electron chi connectivity index (χ4n) is 2.33. The number of hydrogen-bond donors (Lipinski definition) is 2. The third-order valence-electron chi connectivity index (χ3n) is 3.18. The van der Waals surface area contributed by atoms with Crippen LogP contribution in [0.25, 0.3) is 11.0 Å². The fraction of sp³-hybridized carbons (Fsp3) is 0.133. The van der Waals surface area contributed by atoms with E-state index in [2.05, 4.69) is 14.7 Å². The highest BCUT2D eigenvalue weighted by atomic mass is 32.2. The SMILES string of the molecule is Cc1cc(C)cc(NS(=O)(=O)c2ccc3nc[nH]c3c2)c1. The molecule has 0 aliphatic rings. The van der Waals surface area contributed by atoms with E-state index in [0.717, 1.165) is 16.6 Å². The zero-order valence-corrected chi connectivity index (χ0v) is 12.5. The van der Waals surface area contributed by atoms with Crippen LogP contribution in [-0.2, 0) is 10.0 Å². The van der Waals surface area contributed by atoms with Crippen molar-refractivity contribution in [2.45, 2.75) is 18.7 Å². The van der Waals surface area contributed by atoms with Crippen LogP contribution in [0.3, 0.4) is 0 Å². The number of hydrogen-bond acceptors (Lipinski definition) is 3. The molecule has 2 N–H and O–H groups in total. The molecule has 0 radical (unpaired) electrons. The van der Waals surface area contributed by atoms with Crippen molar-refractivity contribution in [2.24, 2.45) is 0 Å². The topological polar surface area (TPSA) is 74.8 Å². The summed E-state index contributed by atoms with van der Waals surface area (Å²) in [5, 5.41) is 0. The summed E-state index contributed by atoms with van der Waals surface area (Å²) in [4.78, 5) is 7.20. The number of aromatic nitrogens is 2. The van der Waals surface area contributed by atoms with E-state index in [0.29, 0.717) is 11.2 Å². The minimum atomic E-state index is -3.61. The quantitative estimate of drug-likeness (QED) is 0.781. The smallest absolute Gasteiger partial charge is 0.261 e. The third-order valence-corrected chi connectivity index (χ3v) is 4.55. The monoisotopic (exact) mass is 301 g/mol. The van der Waals surface area contributed by atoms with Crippen LogP contribution in [0.4, 0.5) is 5.69 Å². The van der Waals surface area contributed by atoms with Crippen LogP contribution >= 0.6 is 0 Å². The highest BCUT2D eigenvalue weighted by molar-refractivity contribution is 7.92. The van der Waals surface area contributed by atoms with Gasteiger partial charge >= 0.3 is 0 Å². The second-order valence-electron chi connectivity index (χ2n) is 5.06. The van der Waals surface area contributed by atoms with Gasteiger partial charge in [-0.05, 0) is 55.3 Å². The summed E-state index contributed by atoms with van der Waals surface area (Å²) >= 11 is 0. The predicted octanol–water partition coefficient (Wildman–Crippen LogP) is 2.98. The van der Waals surface area contributed by atoms with Crippen molar-refractivity contribution in [1.29, 1.82) is 0 Å². The minimum absolute atomic E-state index is 0.207. The van der Waals surface area contributed by atoms with E-state index in [1.807, 2.05) is 19.9 Å². The second kappa shape index (κ2) is 4.89. The predicted molar refractivity (Wildman–Crippen MR) is 82.8 cm³/mol. The molecule has 1 aromatic heterocycles. The van der Waals surface area contributed by atoms with Crippen molar-refractivity contribution in [3.63, 3.8) is 0 Å². The molecule has 0 fully saturated rings. The molecule has 0 amide bonds. The molecule has 108 valence electrons. The van der Waals surface area contributed by atoms with Crippen LogP contribution in [0.5, 0.6) is 0 Å². The van der Waals surface area contributed by atoms with Gasteiger partial charge in [0.05, 0.1) is 22.3 Å². The largest absolute Gasteiger partial charge is 0.345 e. The van der Waals surface area contributed by atoms with Gasteiger partial charge in [0.1, 0.15) is 0 Å². The van der Waals surface area contributed by atoms with Gasteiger partial charge in [-0.15, -0.1) is 0 Å². The molecular weight excluding hydrogens is 286 g/mol. The van der Waals surface area contributed by atoms with E-state index in [9.17, 15) is 8.42 Å². The van der Waals surface area contributed by atoms with Gasteiger partial charge in [0.2, 0.25) is 0 Å². The number of sulfonamides is 1. The Morgan fingerprint density at radius 2 is 1.76 bits per heavy atom. The summed E-state index contributed by atoms with van der Waals surface area (Å²) in [6.45, 7) is 3.86. The molecule has 0 bridgehead atoms. The van der Waals surface area contributed by atoms with Crippen LogP contribution in [0.15, 0.2) is 47.6 Å². The zero-order chi connectivity index (χ0) is 15.0. The summed E-state index contributed by atoms with van der Waals surface area (Å²) in [6.07, 6.45) is 1.54. The van der Waals surface area contributed by atoms with Crippen molar-refractivity contribution in [1.82, 2.24) is 9.97 Å². The van der Waals surface area contributed by atoms with Crippen LogP contribution in [0.2, 0.25) is 0 Å². The average molecular weight is 301 g/mol. The molecule has 0 spiro atoms. The summed E-state index contributed by atoms with van der Waals surface area (Å²) in [6, 6.07) is 10.4. The Balaban J connectivity index is 1.99. The van der Waals surface area contributed by atoms with E-state index >= 15 is 0 Å². The summed E-state index contributed by atoms with van der Waals surface area (Å²) in [5.74, 6) is 0. The maximum atomic E-state index is 12.4. The molecular formula is C15H15N3O2S. The Labute approximate surface area is 123 Å². The molecule has 3 rings (SSSR count). The molecule has 0 saturated carbocycles. The highest BCUT2D eigenvalue weighted by Gasteiger charge is 2.15. The first kappa shape index (κ1) is 13.6. The molecule has 0 saturated heterocycles. The first-order valence-electron chi connectivity index (χ1n) is 6.48. The van der Waals surface area contributed by atoms with E-state index in [1.165, 1.54) is 0 Å². The van der Waals surface area contributed by atoms with Crippen molar-refractivity contribution < 1.29 is 8.42 Å². The first-order chi connectivity index (χ1) is 9.94. The highest BCUT2D eigenvalue weighted by Crippen LogP contribution is 2.21. The maximum Gasteiger partial charge on any atom is 0.261 e. The van der Waals surface area contributed by atoms with Crippen molar-refractivity contribution in [3.05, 3.63) is 53.9 Å². The molecule has 0 aliphatic heterocycles. The molecule has 3 aromatic rings. The normalized spacial score (nSPS) is 11.7. The molecule has 0 atom stereocenters. The Morgan fingerprint density at radius 3 is 2.48 bits per heavy atom. The number of aromatic amines is 1. The number of nitrogens with one attached hydrogen (secondary N) is 2. The lowest BCUT2D eigenvalue weighted by Gasteiger charge is -2.10.